The van der Waals surface area contributed by atoms with Crippen LogP contribution in [-0.2, 0) is 16.1 Å². The molecule has 0 N–H and O–H groups in total. The topological polar surface area (TPSA) is 29.5 Å². The monoisotopic (exact) mass is 321 g/mol. The van der Waals surface area contributed by atoms with Gasteiger partial charge in [-0.15, -0.1) is 0 Å². The Labute approximate surface area is 138 Å². The molecule has 4 heteroatoms. The highest BCUT2D eigenvalue weighted by Gasteiger charge is 2.30. The van der Waals surface area contributed by atoms with Crippen LogP contribution in [0.5, 0.6) is 0 Å². The zero-order valence-electron chi connectivity index (χ0n) is 14.5. The van der Waals surface area contributed by atoms with Gasteiger partial charge in [0, 0.05) is 25.1 Å². The first kappa shape index (κ1) is 17.9. The van der Waals surface area contributed by atoms with Gasteiger partial charge in [0.15, 0.2) is 0 Å². The van der Waals surface area contributed by atoms with E-state index in [0.717, 1.165) is 37.9 Å². The Kier molecular flexibility index (Phi) is 6.17. The summed E-state index contributed by atoms with van der Waals surface area (Å²) in [6, 6.07) is 6.53. The number of hydrogen-bond acceptors (Lipinski definition) is 2. The largest absolute Gasteiger partial charge is 0.377 e. The molecule has 1 amide bonds. The van der Waals surface area contributed by atoms with E-state index in [0.29, 0.717) is 19.1 Å². The number of rotatable bonds is 5. The average molecular weight is 321 g/mol. The fourth-order valence-corrected chi connectivity index (χ4v) is 2.97. The quantitative estimate of drug-likeness (QED) is 0.767. The van der Waals surface area contributed by atoms with Gasteiger partial charge < -0.3 is 9.64 Å². The predicted octanol–water partition coefficient (Wildman–Crippen LogP) is 4.02. The lowest BCUT2D eigenvalue weighted by Gasteiger charge is -2.35. The van der Waals surface area contributed by atoms with E-state index in [-0.39, 0.29) is 17.1 Å². The van der Waals surface area contributed by atoms with Crippen LogP contribution in [0.2, 0.25) is 0 Å². The Balaban J connectivity index is 1.64. The molecule has 23 heavy (non-hydrogen) atoms. The minimum absolute atomic E-state index is 0.220. The number of benzene rings is 1. The molecule has 1 saturated heterocycles. The van der Waals surface area contributed by atoms with E-state index in [2.05, 4.69) is 0 Å². The summed E-state index contributed by atoms with van der Waals surface area (Å²) < 4.78 is 18.7. The number of carbonyl (C=O) groups is 1. The first-order valence-electron chi connectivity index (χ1n) is 8.48. The zero-order chi connectivity index (χ0) is 16.9. The normalized spacial score (nSPS) is 16.6. The van der Waals surface area contributed by atoms with Gasteiger partial charge in [-0.3, -0.25) is 4.79 Å². The zero-order valence-corrected chi connectivity index (χ0v) is 14.5. The van der Waals surface area contributed by atoms with Gasteiger partial charge in [0.05, 0.1) is 6.61 Å². The Morgan fingerprint density at radius 1 is 1.30 bits per heavy atom. The molecular formula is C19H28FNO2. The van der Waals surface area contributed by atoms with E-state index in [1.807, 2.05) is 31.7 Å². The molecule has 2 rings (SSSR count). The number of hydrogen-bond donors (Lipinski definition) is 0. The lowest BCUT2D eigenvalue weighted by Crippen LogP contribution is -2.44. The second-order valence-electron chi connectivity index (χ2n) is 7.46. The third kappa shape index (κ3) is 5.61. The minimum Gasteiger partial charge on any atom is -0.377 e. The summed E-state index contributed by atoms with van der Waals surface area (Å²) >= 11 is 0. The van der Waals surface area contributed by atoms with Crippen molar-refractivity contribution in [2.24, 2.45) is 11.3 Å². The summed E-state index contributed by atoms with van der Waals surface area (Å²) in [5.41, 5.74) is 0.580. The standard InChI is InChI=1S/C19H28FNO2/c1-19(2,3)18(22)21-10-7-15(8-11-21)9-12-23-14-16-5-4-6-17(20)13-16/h4-6,13,15H,7-12,14H2,1-3H3. The Bertz CT molecular complexity index is 516. The van der Waals surface area contributed by atoms with Crippen LogP contribution in [0.4, 0.5) is 4.39 Å². The summed E-state index contributed by atoms with van der Waals surface area (Å²) in [7, 11) is 0. The molecule has 3 nitrogen and oxygen atoms in total. The Hall–Kier alpha value is -1.42. The first-order valence-corrected chi connectivity index (χ1v) is 8.48. The molecule has 0 bridgehead atoms. The van der Waals surface area contributed by atoms with Crippen molar-refractivity contribution in [1.29, 1.82) is 0 Å². The van der Waals surface area contributed by atoms with E-state index >= 15 is 0 Å². The smallest absolute Gasteiger partial charge is 0.227 e. The highest BCUT2D eigenvalue weighted by molar-refractivity contribution is 5.81. The molecule has 1 aromatic rings. The molecule has 1 aliphatic heterocycles. The van der Waals surface area contributed by atoms with Gasteiger partial charge in [0.1, 0.15) is 5.82 Å². The number of amides is 1. The van der Waals surface area contributed by atoms with Crippen molar-refractivity contribution < 1.29 is 13.9 Å². The van der Waals surface area contributed by atoms with Gasteiger partial charge in [-0.25, -0.2) is 4.39 Å². The van der Waals surface area contributed by atoms with Crippen molar-refractivity contribution in [3.63, 3.8) is 0 Å². The molecule has 0 aliphatic carbocycles. The van der Waals surface area contributed by atoms with Crippen molar-refractivity contribution in [2.45, 2.75) is 46.6 Å². The van der Waals surface area contributed by atoms with E-state index < -0.39 is 0 Å². The number of piperidine rings is 1. The maximum absolute atomic E-state index is 13.1. The maximum atomic E-state index is 13.1. The lowest BCUT2D eigenvalue weighted by molar-refractivity contribution is -0.141. The van der Waals surface area contributed by atoms with Gasteiger partial charge in [-0.1, -0.05) is 32.9 Å². The molecule has 1 aromatic carbocycles. The van der Waals surface area contributed by atoms with Crippen molar-refractivity contribution >= 4 is 5.91 Å². The molecule has 0 unspecified atom stereocenters. The summed E-state index contributed by atoms with van der Waals surface area (Å²) in [6.07, 6.45) is 3.10. The minimum atomic E-state index is -0.291. The fraction of sp³-hybridized carbons (Fsp3) is 0.632. The molecule has 1 heterocycles. The van der Waals surface area contributed by atoms with Crippen LogP contribution in [0.3, 0.4) is 0 Å². The predicted molar refractivity (Wildman–Crippen MR) is 89.4 cm³/mol. The van der Waals surface area contributed by atoms with Gasteiger partial charge in [-0.05, 0) is 42.9 Å². The highest BCUT2D eigenvalue weighted by atomic mass is 19.1. The Morgan fingerprint density at radius 2 is 2.00 bits per heavy atom. The van der Waals surface area contributed by atoms with Crippen LogP contribution < -0.4 is 0 Å². The van der Waals surface area contributed by atoms with Crippen LogP contribution in [-0.4, -0.2) is 30.5 Å². The van der Waals surface area contributed by atoms with Crippen LogP contribution in [0.25, 0.3) is 0 Å². The first-order chi connectivity index (χ1) is 10.9. The highest BCUT2D eigenvalue weighted by Crippen LogP contribution is 2.25. The number of likely N-dealkylation sites (tertiary alicyclic amines) is 1. The van der Waals surface area contributed by atoms with Crippen molar-refractivity contribution in [1.82, 2.24) is 4.90 Å². The molecule has 128 valence electrons. The summed E-state index contributed by atoms with van der Waals surface area (Å²) in [6.45, 7) is 8.77. The maximum Gasteiger partial charge on any atom is 0.227 e. The summed E-state index contributed by atoms with van der Waals surface area (Å²) in [5, 5.41) is 0. The molecule has 1 aliphatic rings. The van der Waals surface area contributed by atoms with Crippen LogP contribution in [0.1, 0.15) is 45.6 Å². The fourth-order valence-electron chi connectivity index (χ4n) is 2.97. The van der Waals surface area contributed by atoms with E-state index in [4.69, 9.17) is 4.74 Å². The molecule has 0 aromatic heterocycles. The summed E-state index contributed by atoms with van der Waals surface area (Å²) in [4.78, 5) is 14.2. The third-order valence-electron chi connectivity index (χ3n) is 4.37. The number of carbonyl (C=O) groups excluding carboxylic acids is 1. The van der Waals surface area contributed by atoms with Gasteiger partial charge >= 0.3 is 0 Å². The molecule has 1 fully saturated rings. The number of halogens is 1. The van der Waals surface area contributed by atoms with Crippen LogP contribution >= 0.6 is 0 Å². The van der Waals surface area contributed by atoms with Crippen LogP contribution in [0, 0.1) is 17.2 Å². The van der Waals surface area contributed by atoms with Crippen LogP contribution in [0.15, 0.2) is 24.3 Å². The van der Waals surface area contributed by atoms with Gasteiger partial charge in [-0.2, -0.15) is 0 Å². The third-order valence-corrected chi connectivity index (χ3v) is 4.37. The number of ether oxygens (including phenoxy) is 1. The molecular weight excluding hydrogens is 293 g/mol. The lowest BCUT2D eigenvalue weighted by atomic mass is 9.90. The van der Waals surface area contributed by atoms with Crippen molar-refractivity contribution in [3.8, 4) is 0 Å². The second kappa shape index (κ2) is 7.91. The molecule has 0 atom stereocenters. The van der Waals surface area contributed by atoms with Gasteiger partial charge in [0.25, 0.3) is 0 Å². The molecule has 0 saturated carbocycles. The molecule has 0 radical (unpaired) electrons. The summed E-state index contributed by atoms with van der Waals surface area (Å²) in [5.74, 6) is 0.645. The Morgan fingerprint density at radius 3 is 2.61 bits per heavy atom. The van der Waals surface area contributed by atoms with E-state index in [9.17, 15) is 9.18 Å². The second-order valence-corrected chi connectivity index (χ2v) is 7.46. The van der Waals surface area contributed by atoms with E-state index in [1.54, 1.807) is 6.07 Å². The van der Waals surface area contributed by atoms with Crippen molar-refractivity contribution in [2.75, 3.05) is 19.7 Å². The average Bonchev–Trinajstić information content (AvgIpc) is 2.51. The van der Waals surface area contributed by atoms with E-state index in [1.165, 1.54) is 12.1 Å². The number of nitrogens with zero attached hydrogens (tertiary/aromatic N) is 1. The van der Waals surface area contributed by atoms with Gasteiger partial charge in [0.2, 0.25) is 5.91 Å². The SMILES string of the molecule is CC(C)(C)C(=O)N1CCC(CCOCc2cccc(F)c2)CC1. The molecule has 0 spiro atoms. The van der Waals surface area contributed by atoms with Crippen molar-refractivity contribution in [3.05, 3.63) is 35.6 Å².